The van der Waals surface area contributed by atoms with Crippen LogP contribution in [0, 0.1) is 12.3 Å². The summed E-state index contributed by atoms with van der Waals surface area (Å²) in [5.74, 6) is 5.56. The lowest BCUT2D eigenvalue weighted by Gasteiger charge is -2.47. The van der Waals surface area contributed by atoms with Gasteiger partial charge in [0.1, 0.15) is 17.7 Å². The van der Waals surface area contributed by atoms with Gasteiger partial charge in [0.2, 0.25) is 5.91 Å². The second-order valence-electron chi connectivity index (χ2n) is 12.5. The number of terminal acetylenes is 1. The Hall–Kier alpha value is -3.38. The van der Waals surface area contributed by atoms with Crippen LogP contribution < -0.4 is 10.1 Å². The second kappa shape index (κ2) is 13.5. The van der Waals surface area contributed by atoms with Crippen molar-refractivity contribution < 1.29 is 14.3 Å². The molecule has 8 nitrogen and oxygen atoms in total. The van der Waals surface area contributed by atoms with Crippen LogP contribution in [0.3, 0.4) is 0 Å². The van der Waals surface area contributed by atoms with E-state index in [4.69, 9.17) is 20.9 Å². The molecule has 3 saturated heterocycles. The number of hydrogen-bond acceptors (Lipinski definition) is 7. The summed E-state index contributed by atoms with van der Waals surface area (Å²) < 4.78 is 12.1. The van der Waals surface area contributed by atoms with E-state index in [9.17, 15) is 4.79 Å². The van der Waals surface area contributed by atoms with Crippen LogP contribution in [0.1, 0.15) is 73.7 Å². The van der Waals surface area contributed by atoms with Crippen molar-refractivity contribution in [2.45, 2.75) is 63.0 Å². The number of aromatic nitrogens is 1. The monoisotopic (exact) mass is 583 g/mol. The van der Waals surface area contributed by atoms with Gasteiger partial charge in [0, 0.05) is 69.7 Å². The Labute approximate surface area is 256 Å². The number of amides is 1. The molecule has 1 aromatic heterocycles. The minimum Gasteiger partial charge on any atom is -0.484 e. The summed E-state index contributed by atoms with van der Waals surface area (Å²) in [5, 5.41) is 3.65. The molecule has 1 amide bonds. The van der Waals surface area contributed by atoms with Crippen molar-refractivity contribution in [1.82, 2.24) is 19.7 Å². The Morgan fingerprint density at radius 1 is 1.16 bits per heavy atom. The largest absolute Gasteiger partial charge is 0.484 e. The van der Waals surface area contributed by atoms with Crippen LogP contribution in [0.25, 0.3) is 0 Å². The van der Waals surface area contributed by atoms with Crippen molar-refractivity contribution in [3.05, 3.63) is 59.3 Å². The second-order valence-corrected chi connectivity index (χ2v) is 12.5. The first kappa shape index (κ1) is 29.7. The Morgan fingerprint density at radius 3 is 2.72 bits per heavy atom. The molecule has 0 radical (unpaired) electrons. The standard InChI is InChI=1S/C35H45N5O3/c1-4-5-16-38(3)17-6-7-33(41)40-23-29(24-40)39-18-11-26(12-19-39)28-8-9-32-31(22-28)37-35-34(25(2)43-32)30(10-15-36-35)27-13-20-42-21-14-27/h1,6-10,15,22,25-27,29H,5,11-14,16-21,23-24H2,2-3H3,(H,36,37)/b7-6+/t25-/m0/s1. The Kier molecular flexibility index (Phi) is 9.32. The molecular weight excluding hydrogens is 538 g/mol. The van der Waals surface area contributed by atoms with Crippen molar-refractivity contribution >= 4 is 17.4 Å². The molecule has 5 heterocycles. The molecule has 43 heavy (non-hydrogen) atoms. The van der Waals surface area contributed by atoms with Crippen molar-refractivity contribution in [3.63, 3.8) is 0 Å². The van der Waals surface area contributed by atoms with E-state index in [1.54, 1.807) is 6.08 Å². The van der Waals surface area contributed by atoms with Crippen LogP contribution in [-0.2, 0) is 9.53 Å². The predicted octanol–water partition coefficient (Wildman–Crippen LogP) is 5.07. The Morgan fingerprint density at radius 2 is 1.95 bits per heavy atom. The van der Waals surface area contributed by atoms with E-state index in [-0.39, 0.29) is 12.0 Å². The maximum absolute atomic E-state index is 12.6. The highest BCUT2D eigenvalue weighted by molar-refractivity contribution is 5.88. The number of carbonyl (C=O) groups excluding carboxylic acids is 1. The number of carbonyl (C=O) groups is 1. The van der Waals surface area contributed by atoms with E-state index >= 15 is 0 Å². The van der Waals surface area contributed by atoms with Crippen molar-refractivity contribution in [1.29, 1.82) is 0 Å². The first-order valence-electron chi connectivity index (χ1n) is 16.0. The van der Waals surface area contributed by atoms with Gasteiger partial charge in [-0.05, 0) is 93.9 Å². The number of likely N-dealkylation sites (tertiary alicyclic amines) is 2. The van der Waals surface area contributed by atoms with E-state index in [1.165, 1.54) is 16.7 Å². The van der Waals surface area contributed by atoms with E-state index in [2.05, 4.69) is 52.2 Å². The first-order chi connectivity index (χ1) is 21.0. The lowest BCUT2D eigenvalue weighted by atomic mass is 9.87. The first-order valence-corrected chi connectivity index (χ1v) is 16.0. The molecule has 1 aromatic carbocycles. The summed E-state index contributed by atoms with van der Waals surface area (Å²) in [6.07, 6.45) is 15.9. The van der Waals surface area contributed by atoms with Crippen LogP contribution >= 0.6 is 0 Å². The van der Waals surface area contributed by atoms with Crippen LogP contribution in [0.15, 0.2) is 42.6 Å². The zero-order chi connectivity index (χ0) is 29.8. The van der Waals surface area contributed by atoms with E-state index < -0.39 is 0 Å². The molecule has 1 N–H and O–H groups in total. The number of pyridine rings is 1. The van der Waals surface area contributed by atoms with Gasteiger partial charge >= 0.3 is 0 Å². The third-order valence-electron chi connectivity index (χ3n) is 9.66. The minimum absolute atomic E-state index is 0.0750. The smallest absolute Gasteiger partial charge is 0.246 e. The molecule has 3 fully saturated rings. The molecule has 4 aliphatic rings. The fourth-order valence-corrected chi connectivity index (χ4v) is 7.01. The highest BCUT2D eigenvalue weighted by Gasteiger charge is 2.36. The highest BCUT2D eigenvalue weighted by atomic mass is 16.5. The van der Waals surface area contributed by atoms with Crippen molar-refractivity contribution in [3.8, 4) is 18.1 Å². The molecule has 0 saturated carbocycles. The molecule has 228 valence electrons. The summed E-state index contributed by atoms with van der Waals surface area (Å²) in [5.41, 5.74) is 4.88. The van der Waals surface area contributed by atoms with Gasteiger partial charge in [0.25, 0.3) is 0 Å². The molecule has 8 heteroatoms. The van der Waals surface area contributed by atoms with Gasteiger partial charge in [-0.2, -0.15) is 0 Å². The summed E-state index contributed by atoms with van der Waals surface area (Å²) in [4.78, 5) is 24.0. The van der Waals surface area contributed by atoms with Crippen LogP contribution in [0.2, 0.25) is 0 Å². The number of fused-ring (bicyclic) bond motifs is 2. The maximum Gasteiger partial charge on any atom is 0.246 e. The maximum atomic E-state index is 12.6. The summed E-state index contributed by atoms with van der Waals surface area (Å²) in [7, 11) is 2.02. The lowest BCUT2D eigenvalue weighted by Crippen LogP contribution is -2.61. The lowest BCUT2D eigenvalue weighted by molar-refractivity contribution is -0.133. The van der Waals surface area contributed by atoms with E-state index in [0.717, 1.165) is 102 Å². The number of ether oxygens (including phenoxy) is 2. The van der Waals surface area contributed by atoms with Gasteiger partial charge in [-0.3, -0.25) is 9.69 Å². The van der Waals surface area contributed by atoms with Crippen molar-refractivity contribution in [2.24, 2.45) is 0 Å². The Balaban J connectivity index is 1.03. The number of hydrogen-bond donors (Lipinski definition) is 1. The van der Waals surface area contributed by atoms with Gasteiger partial charge in [-0.25, -0.2) is 4.98 Å². The average Bonchev–Trinajstić information content (AvgIpc) is 3.15. The zero-order valence-electron chi connectivity index (χ0n) is 25.6. The fourth-order valence-electron chi connectivity index (χ4n) is 7.01. The molecule has 4 aliphatic heterocycles. The van der Waals surface area contributed by atoms with Gasteiger partial charge in [-0.15, -0.1) is 12.3 Å². The number of likely N-dealkylation sites (N-methyl/N-ethyl adjacent to an activating group) is 1. The number of anilines is 2. The molecule has 0 unspecified atom stereocenters. The molecule has 0 aliphatic carbocycles. The predicted molar refractivity (Wildman–Crippen MR) is 170 cm³/mol. The molecule has 1 atom stereocenters. The molecule has 0 bridgehead atoms. The topological polar surface area (TPSA) is 70.2 Å². The van der Waals surface area contributed by atoms with Crippen molar-refractivity contribution in [2.75, 3.05) is 64.8 Å². The van der Waals surface area contributed by atoms with Crippen LogP contribution in [0.4, 0.5) is 11.5 Å². The van der Waals surface area contributed by atoms with E-state index in [1.807, 2.05) is 24.2 Å². The average molecular weight is 584 g/mol. The summed E-state index contributed by atoms with van der Waals surface area (Å²) in [6.45, 7) is 9.10. The summed E-state index contributed by atoms with van der Waals surface area (Å²) >= 11 is 0. The quantitative estimate of drug-likeness (QED) is 0.344. The van der Waals surface area contributed by atoms with Gasteiger partial charge in [0.15, 0.2) is 0 Å². The van der Waals surface area contributed by atoms with Gasteiger partial charge < -0.3 is 24.6 Å². The zero-order valence-corrected chi connectivity index (χ0v) is 25.6. The van der Waals surface area contributed by atoms with E-state index in [0.29, 0.717) is 17.9 Å². The SMILES string of the molecule is C#CCCN(C)C/C=C/C(=O)N1CC(N2CCC(c3ccc4c(c3)Nc3nccc(C5CCOCC5)c3[C@H](C)O4)CC2)C1. The number of piperidine rings is 1. The fraction of sp³-hybridized carbons (Fsp3) is 0.543. The molecule has 2 aromatic rings. The van der Waals surface area contributed by atoms with Crippen LogP contribution in [0.5, 0.6) is 5.75 Å². The third-order valence-corrected chi connectivity index (χ3v) is 9.66. The Bertz CT molecular complexity index is 1350. The number of nitrogens with zero attached hydrogens (tertiary/aromatic N) is 4. The molecular formula is C35H45N5O3. The molecule has 0 spiro atoms. The normalized spacial score (nSPS) is 21.8. The number of rotatable bonds is 8. The third kappa shape index (κ3) is 6.75. The van der Waals surface area contributed by atoms with Gasteiger partial charge in [-0.1, -0.05) is 12.1 Å². The minimum atomic E-state index is -0.0750. The summed E-state index contributed by atoms with van der Waals surface area (Å²) in [6, 6.07) is 9.29. The number of benzene rings is 1. The van der Waals surface area contributed by atoms with Gasteiger partial charge in [0.05, 0.1) is 5.69 Å². The number of nitrogens with one attached hydrogen (secondary N) is 1. The highest BCUT2D eigenvalue weighted by Crippen LogP contribution is 2.44. The van der Waals surface area contributed by atoms with Crippen LogP contribution in [-0.4, -0.2) is 91.2 Å². The molecule has 6 rings (SSSR count).